The second kappa shape index (κ2) is 6.36. The number of rotatable bonds is 4. The maximum atomic E-state index is 12.3. The molecule has 0 unspecified atom stereocenters. The lowest BCUT2D eigenvalue weighted by Gasteiger charge is -2.32. The zero-order chi connectivity index (χ0) is 14.5. The normalized spacial score (nSPS) is 18.8. The maximum absolute atomic E-state index is 12.3. The minimum atomic E-state index is -0.805. The average Bonchev–Trinajstić information content (AvgIpc) is 2.44. The highest BCUT2D eigenvalue weighted by atomic mass is 16.4. The molecular formula is C14H18N2O4. The van der Waals surface area contributed by atoms with Gasteiger partial charge in [0, 0.05) is 25.6 Å². The average molecular weight is 278 g/mol. The van der Waals surface area contributed by atoms with Crippen molar-refractivity contribution in [2.24, 2.45) is 5.92 Å². The smallest absolute Gasteiger partial charge is 0.303 e. The third-order valence-corrected chi connectivity index (χ3v) is 3.57. The van der Waals surface area contributed by atoms with Crippen LogP contribution >= 0.6 is 0 Å². The van der Waals surface area contributed by atoms with Gasteiger partial charge in [-0.25, -0.2) is 0 Å². The Labute approximate surface area is 116 Å². The molecule has 0 aliphatic carbocycles. The molecule has 2 N–H and O–H groups in total. The number of aromatic nitrogens is 1. The Morgan fingerprint density at radius 2 is 2.20 bits per heavy atom. The summed E-state index contributed by atoms with van der Waals surface area (Å²) >= 11 is 0. The molecule has 0 spiro atoms. The van der Waals surface area contributed by atoms with Gasteiger partial charge in [0.25, 0.3) is 5.91 Å². The van der Waals surface area contributed by atoms with Gasteiger partial charge in [0.15, 0.2) is 0 Å². The van der Waals surface area contributed by atoms with E-state index in [1.165, 1.54) is 6.07 Å². The Morgan fingerprint density at radius 1 is 1.40 bits per heavy atom. The minimum absolute atomic E-state index is 0.134. The fourth-order valence-electron chi connectivity index (χ4n) is 2.56. The van der Waals surface area contributed by atoms with Gasteiger partial charge >= 0.3 is 5.97 Å². The number of carbonyl (C=O) groups is 2. The Hall–Kier alpha value is -2.11. The lowest BCUT2D eigenvalue weighted by molar-refractivity contribution is -0.137. The van der Waals surface area contributed by atoms with Gasteiger partial charge in [0.2, 0.25) is 5.56 Å². The van der Waals surface area contributed by atoms with E-state index in [-0.39, 0.29) is 29.5 Å². The van der Waals surface area contributed by atoms with Crippen LogP contribution in [0.2, 0.25) is 0 Å². The van der Waals surface area contributed by atoms with Crippen LogP contribution in [0.3, 0.4) is 0 Å². The summed E-state index contributed by atoms with van der Waals surface area (Å²) in [4.78, 5) is 38.3. The highest BCUT2D eigenvalue weighted by Crippen LogP contribution is 2.21. The van der Waals surface area contributed by atoms with E-state index in [4.69, 9.17) is 5.11 Å². The Bertz CT molecular complexity index is 552. The van der Waals surface area contributed by atoms with Gasteiger partial charge < -0.3 is 15.0 Å². The first-order valence-corrected chi connectivity index (χ1v) is 6.76. The van der Waals surface area contributed by atoms with Crippen LogP contribution in [0.1, 0.15) is 36.2 Å². The molecule has 0 saturated carbocycles. The second-order valence-corrected chi connectivity index (χ2v) is 5.12. The molecule has 1 amide bonds. The molecule has 6 heteroatoms. The van der Waals surface area contributed by atoms with Crippen LogP contribution in [0.4, 0.5) is 0 Å². The standard InChI is InChI=1S/C14H18N2O4/c17-12-5-1-4-11(15-12)14(20)16-8-2-3-10(9-16)6-7-13(18)19/h1,4-5,10H,2-3,6-9H2,(H,15,17)(H,18,19)/t10-/m0/s1. The molecule has 1 saturated heterocycles. The Kier molecular flexibility index (Phi) is 4.55. The van der Waals surface area contributed by atoms with Gasteiger partial charge in [-0.05, 0) is 31.2 Å². The summed E-state index contributed by atoms with van der Waals surface area (Å²) in [6.45, 7) is 1.21. The van der Waals surface area contributed by atoms with Gasteiger partial charge in [-0.3, -0.25) is 14.4 Å². The van der Waals surface area contributed by atoms with Gasteiger partial charge in [-0.1, -0.05) is 6.07 Å². The van der Waals surface area contributed by atoms with Crippen LogP contribution in [0.25, 0.3) is 0 Å². The fraction of sp³-hybridized carbons (Fsp3) is 0.500. The van der Waals surface area contributed by atoms with Crippen LogP contribution < -0.4 is 5.56 Å². The number of nitrogens with zero attached hydrogens (tertiary/aromatic N) is 1. The first-order valence-electron chi connectivity index (χ1n) is 6.76. The fourth-order valence-corrected chi connectivity index (χ4v) is 2.56. The molecule has 2 heterocycles. The SMILES string of the molecule is O=C(O)CC[C@@H]1CCCN(C(=O)c2cccc(=O)[nH]2)C1. The molecule has 6 nitrogen and oxygen atoms in total. The number of aliphatic carboxylic acids is 1. The molecule has 1 aromatic rings. The number of likely N-dealkylation sites (tertiary alicyclic amines) is 1. The van der Waals surface area contributed by atoms with E-state index in [0.29, 0.717) is 19.5 Å². The largest absolute Gasteiger partial charge is 0.481 e. The van der Waals surface area contributed by atoms with Crippen molar-refractivity contribution in [1.82, 2.24) is 9.88 Å². The van der Waals surface area contributed by atoms with Crippen molar-refractivity contribution in [3.63, 3.8) is 0 Å². The minimum Gasteiger partial charge on any atom is -0.481 e. The third kappa shape index (κ3) is 3.69. The molecule has 2 rings (SSSR count). The number of nitrogens with one attached hydrogen (secondary N) is 1. The first kappa shape index (κ1) is 14.3. The van der Waals surface area contributed by atoms with Crippen LogP contribution in [0.15, 0.2) is 23.0 Å². The van der Waals surface area contributed by atoms with Gasteiger partial charge in [0.1, 0.15) is 5.69 Å². The molecule has 108 valence electrons. The Morgan fingerprint density at radius 3 is 2.90 bits per heavy atom. The quantitative estimate of drug-likeness (QED) is 0.862. The zero-order valence-electron chi connectivity index (χ0n) is 11.2. The predicted octanol–water partition coefficient (Wildman–Crippen LogP) is 1.09. The summed E-state index contributed by atoms with van der Waals surface area (Å²) in [6.07, 6.45) is 2.54. The van der Waals surface area contributed by atoms with Crippen LogP contribution in [-0.2, 0) is 4.79 Å². The number of carbonyl (C=O) groups excluding carboxylic acids is 1. The van der Waals surface area contributed by atoms with Gasteiger partial charge in [-0.2, -0.15) is 0 Å². The van der Waals surface area contributed by atoms with E-state index in [1.807, 2.05) is 0 Å². The lowest BCUT2D eigenvalue weighted by Crippen LogP contribution is -2.40. The van der Waals surface area contributed by atoms with Gasteiger partial charge in [0.05, 0.1) is 0 Å². The van der Waals surface area contributed by atoms with E-state index in [0.717, 1.165) is 12.8 Å². The second-order valence-electron chi connectivity index (χ2n) is 5.12. The van der Waals surface area contributed by atoms with Crippen LogP contribution in [-0.4, -0.2) is 40.0 Å². The molecule has 1 aromatic heterocycles. The van der Waals surface area contributed by atoms with Crippen LogP contribution in [0, 0.1) is 5.92 Å². The topological polar surface area (TPSA) is 90.5 Å². The maximum Gasteiger partial charge on any atom is 0.303 e. The van der Waals surface area contributed by atoms with E-state index in [1.54, 1.807) is 17.0 Å². The van der Waals surface area contributed by atoms with Crippen molar-refractivity contribution in [3.05, 3.63) is 34.2 Å². The first-order chi connectivity index (χ1) is 9.56. The van der Waals surface area contributed by atoms with E-state index in [9.17, 15) is 14.4 Å². The molecular weight excluding hydrogens is 260 g/mol. The van der Waals surface area contributed by atoms with Crippen molar-refractivity contribution in [3.8, 4) is 0 Å². The number of pyridine rings is 1. The van der Waals surface area contributed by atoms with Crippen LogP contribution in [0.5, 0.6) is 0 Å². The van der Waals surface area contributed by atoms with Crippen molar-refractivity contribution < 1.29 is 14.7 Å². The summed E-state index contributed by atoms with van der Waals surface area (Å²) in [5.74, 6) is -0.775. The molecule has 0 aromatic carbocycles. The summed E-state index contributed by atoms with van der Waals surface area (Å²) < 4.78 is 0. The summed E-state index contributed by atoms with van der Waals surface area (Å²) in [6, 6.07) is 4.51. The van der Waals surface area contributed by atoms with Crippen molar-refractivity contribution >= 4 is 11.9 Å². The molecule has 1 aliphatic rings. The van der Waals surface area contributed by atoms with Gasteiger partial charge in [-0.15, -0.1) is 0 Å². The molecule has 20 heavy (non-hydrogen) atoms. The van der Waals surface area contributed by atoms with Crippen molar-refractivity contribution in [1.29, 1.82) is 0 Å². The molecule has 0 bridgehead atoms. The number of carboxylic acids is 1. The third-order valence-electron chi connectivity index (χ3n) is 3.57. The predicted molar refractivity (Wildman–Crippen MR) is 72.6 cm³/mol. The Balaban J connectivity index is 1.99. The summed E-state index contributed by atoms with van der Waals surface area (Å²) in [5, 5.41) is 8.71. The molecule has 1 atom stereocenters. The highest BCUT2D eigenvalue weighted by molar-refractivity contribution is 5.92. The monoisotopic (exact) mass is 278 g/mol. The summed E-state index contributed by atoms with van der Waals surface area (Å²) in [7, 11) is 0. The number of carboxylic acid groups (broad SMARTS) is 1. The van der Waals surface area contributed by atoms with E-state index >= 15 is 0 Å². The number of aromatic amines is 1. The summed E-state index contributed by atoms with van der Waals surface area (Å²) in [5.41, 5.74) is -0.00771. The van der Waals surface area contributed by atoms with E-state index in [2.05, 4.69) is 4.98 Å². The molecule has 1 fully saturated rings. The number of hydrogen-bond donors (Lipinski definition) is 2. The van der Waals surface area contributed by atoms with Crippen molar-refractivity contribution in [2.75, 3.05) is 13.1 Å². The molecule has 0 radical (unpaired) electrons. The number of hydrogen-bond acceptors (Lipinski definition) is 3. The molecule has 1 aliphatic heterocycles. The number of H-pyrrole nitrogens is 1. The number of amides is 1. The number of piperidine rings is 1. The highest BCUT2D eigenvalue weighted by Gasteiger charge is 2.25. The van der Waals surface area contributed by atoms with E-state index < -0.39 is 5.97 Å². The van der Waals surface area contributed by atoms with Crippen molar-refractivity contribution in [2.45, 2.75) is 25.7 Å². The zero-order valence-corrected chi connectivity index (χ0v) is 11.2. The lowest BCUT2D eigenvalue weighted by atomic mass is 9.93.